The standard InChI is InChI=1S/C33H31N2O/c1-20-16-21(2)18-25(17-20)33-34(6)28(19-35(33)31-23(4)10-9-11-24(31)5)30-22(3)14-15-27-26-12-7-8-13-29(26)36-32(27)30/h7-19H,1-6H3/q+1. The maximum absolute atomic E-state index is 6.50. The topological polar surface area (TPSA) is 21.9 Å². The molecular formula is C33H31N2O+. The molecule has 3 nitrogen and oxygen atoms in total. The lowest BCUT2D eigenvalue weighted by atomic mass is 10.0. The van der Waals surface area contributed by atoms with E-state index in [4.69, 9.17) is 4.42 Å². The number of para-hydroxylation sites is 2. The van der Waals surface area contributed by atoms with Crippen LogP contribution in [0.4, 0.5) is 0 Å². The number of nitrogens with zero attached hydrogens (tertiary/aromatic N) is 2. The van der Waals surface area contributed by atoms with E-state index in [1.165, 1.54) is 39.1 Å². The number of aromatic nitrogens is 2. The molecule has 0 aliphatic carbocycles. The van der Waals surface area contributed by atoms with E-state index >= 15 is 0 Å². The Morgan fingerprint density at radius 3 is 2.11 bits per heavy atom. The summed E-state index contributed by atoms with van der Waals surface area (Å²) in [5, 5.41) is 2.30. The van der Waals surface area contributed by atoms with Crippen LogP contribution in [0.1, 0.15) is 27.8 Å². The molecule has 2 aromatic heterocycles. The monoisotopic (exact) mass is 471 g/mol. The van der Waals surface area contributed by atoms with Crippen molar-refractivity contribution in [3.05, 3.63) is 107 Å². The third kappa shape index (κ3) is 3.38. The Bertz CT molecular complexity index is 1760. The first-order chi connectivity index (χ1) is 17.3. The summed E-state index contributed by atoms with van der Waals surface area (Å²) in [6.45, 7) is 10.9. The highest BCUT2D eigenvalue weighted by Crippen LogP contribution is 2.39. The summed E-state index contributed by atoms with van der Waals surface area (Å²) in [4.78, 5) is 0. The number of imidazole rings is 1. The van der Waals surface area contributed by atoms with E-state index in [2.05, 4.69) is 124 Å². The second-order valence-corrected chi connectivity index (χ2v) is 10.1. The highest BCUT2D eigenvalue weighted by molar-refractivity contribution is 6.09. The van der Waals surface area contributed by atoms with Crippen molar-refractivity contribution >= 4 is 21.9 Å². The minimum atomic E-state index is 0.922. The predicted octanol–water partition coefficient (Wildman–Crippen LogP) is 8.08. The van der Waals surface area contributed by atoms with Crippen molar-refractivity contribution in [2.24, 2.45) is 7.05 Å². The lowest BCUT2D eigenvalue weighted by molar-refractivity contribution is -0.583. The van der Waals surface area contributed by atoms with Crippen molar-refractivity contribution in [1.29, 1.82) is 0 Å². The number of benzene rings is 4. The van der Waals surface area contributed by atoms with Crippen LogP contribution in [0, 0.1) is 34.6 Å². The van der Waals surface area contributed by atoms with E-state index in [0.717, 1.165) is 39.0 Å². The Labute approximate surface area is 212 Å². The molecule has 0 spiro atoms. The van der Waals surface area contributed by atoms with Crippen molar-refractivity contribution in [3.63, 3.8) is 0 Å². The summed E-state index contributed by atoms with van der Waals surface area (Å²) >= 11 is 0. The zero-order valence-electron chi connectivity index (χ0n) is 21.8. The van der Waals surface area contributed by atoms with Gasteiger partial charge in [0.15, 0.2) is 5.69 Å². The molecule has 0 radical (unpaired) electrons. The maximum Gasteiger partial charge on any atom is 0.294 e. The Morgan fingerprint density at radius 2 is 1.39 bits per heavy atom. The van der Waals surface area contributed by atoms with Crippen LogP contribution in [0.25, 0.3) is 50.3 Å². The summed E-state index contributed by atoms with van der Waals surface area (Å²) in [7, 11) is 2.17. The fraction of sp³-hybridized carbons (Fsp3) is 0.182. The molecule has 0 atom stereocenters. The second-order valence-electron chi connectivity index (χ2n) is 10.1. The number of hydrogen-bond acceptors (Lipinski definition) is 1. The molecule has 0 aliphatic heterocycles. The van der Waals surface area contributed by atoms with Gasteiger partial charge in [-0.15, -0.1) is 0 Å². The molecule has 0 amide bonds. The third-order valence-corrected chi connectivity index (χ3v) is 7.33. The molecule has 0 saturated carbocycles. The van der Waals surface area contributed by atoms with Crippen LogP contribution in [0.2, 0.25) is 0 Å². The molecule has 0 N–H and O–H groups in total. The minimum Gasteiger partial charge on any atom is -0.455 e. The average Bonchev–Trinajstić information content (AvgIpc) is 3.36. The fourth-order valence-corrected chi connectivity index (χ4v) is 5.78. The van der Waals surface area contributed by atoms with Crippen LogP contribution in [0.15, 0.2) is 83.4 Å². The van der Waals surface area contributed by atoms with Crippen molar-refractivity contribution in [1.82, 2.24) is 4.57 Å². The smallest absolute Gasteiger partial charge is 0.294 e. The first-order valence-corrected chi connectivity index (χ1v) is 12.5. The SMILES string of the molecule is Cc1cc(C)cc(-c2n(C)c(-c3c(C)ccc4c3oc3ccccc34)c[n+]2-c2c(C)cccc2C)c1. The van der Waals surface area contributed by atoms with Gasteiger partial charge in [0.1, 0.15) is 23.1 Å². The highest BCUT2D eigenvalue weighted by Gasteiger charge is 2.29. The molecule has 2 heterocycles. The van der Waals surface area contributed by atoms with Gasteiger partial charge in [-0.1, -0.05) is 54.6 Å². The average molecular weight is 472 g/mol. The van der Waals surface area contributed by atoms with E-state index < -0.39 is 0 Å². The van der Waals surface area contributed by atoms with Gasteiger partial charge < -0.3 is 4.42 Å². The minimum absolute atomic E-state index is 0.922. The Hall–Kier alpha value is -4.11. The van der Waals surface area contributed by atoms with Crippen LogP contribution >= 0.6 is 0 Å². The van der Waals surface area contributed by atoms with Crippen molar-refractivity contribution in [2.45, 2.75) is 34.6 Å². The van der Waals surface area contributed by atoms with Gasteiger partial charge in [-0.2, -0.15) is 4.57 Å². The molecule has 6 rings (SSSR count). The van der Waals surface area contributed by atoms with Crippen LogP contribution in [-0.2, 0) is 7.05 Å². The second kappa shape index (κ2) is 8.23. The number of aryl methyl sites for hydroxylation is 5. The summed E-state index contributed by atoms with van der Waals surface area (Å²) in [5.74, 6) is 1.15. The zero-order chi connectivity index (χ0) is 25.1. The molecule has 0 saturated heterocycles. The quantitative estimate of drug-likeness (QED) is 0.239. The molecule has 0 aliphatic rings. The van der Waals surface area contributed by atoms with Gasteiger partial charge in [0, 0.05) is 10.8 Å². The first kappa shape index (κ1) is 22.4. The molecule has 6 aromatic rings. The van der Waals surface area contributed by atoms with E-state index in [9.17, 15) is 0 Å². The van der Waals surface area contributed by atoms with E-state index in [1.807, 2.05) is 6.07 Å². The first-order valence-electron chi connectivity index (χ1n) is 12.5. The largest absolute Gasteiger partial charge is 0.455 e. The highest BCUT2D eigenvalue weighted by atomic mass is 16.3. The summed E-state index contributed by atoms with van der Waals surface area (Å²) in [6.07, 6.45) is 2.29. The Balaban J connectivity index is 1.73. The molecule has 0 fully saturated rings. The maximum atomic E-state index is 6.50. The molecule has 36 heavy (non-hydrogen) atoms. The van der Waals surface area contributed by atoms with E-state index in [-0.39, 0.29) is 0 Å². The van der Waals surface area contributed by atoms with Crippen LogP contribution in [0.3, 0.4) is 0 Å². The van der Waals surface area contributed by atoms with Gasteiger partial charge in [0.05, 0.1) is 18.2 Å². The number of hydrogen-bond donors (Lipinski definition) is 0. The van der Waals surface area contributed by atoms with Gasteiger partial charge in [-0.25, -0.2) is 4.57 Å². The predicted molar refractivity (Wildman–Crippen MR) is 149 cm³/mol. The van der Waals surface area contributed by atoms with Gasteiger partial charge in [-0.05, 0) is 80.6 Å². The molecule has 4 aromatic carbocycles. The molecular weight excluding hydrogens is 440 g/mol. The zero-order valence-corrected chi connectivity index (χ0v) is 21.8. The van der Waals surface area contributed by atoms with E-state index in [0.29, 0.717) is 0 Å². The molecule has 0 bridgehead atoms. The van der Waals surface area contributed by atoms with Gasteiger partial charge in [-0.3, -0.25) is 0 Å². The lowest BCUT2D eigenvalue weighted by Crippen LogP contribution is -2.33. The Kier molecular flexibility index (Phi) is 5.11. The molecule has 178 valence electrons. The summed E-state index contributed by atoms with van der Waals surface area (Å²) in [6, 6.07) is 26.0. The van der Waals surface area contributed by atoms with Crippen molar-refractivity contribution < 1.29 is 8.98 Å². The van der Waals surface area contributed by atoms with Crippen molar-refractivity contribution in [3.8, 4) is 28.3 Å². The fourth-order valence-electron chi connectivity index (χ4n) is 5.78. The normalized spacial score (nSPS) is 11.6. The Morgan fingerprint density at radius 1 is 0.694 bits per heavy atom. The van der Waals surface area contributed by atoms with Gasteiger partial charge in [0.25, 0.3) is 5.82 Å². The third-order valence-electron chi connectivity index (χ3n) is 7.33. The number of fused-ring (bicyclic) bond motifs is 3. The molecule has 0 unspecified atom stereocenters. The van der Waals surface area contributed by atoms with Crippen LogP contribution in [0.5, 0.6) is 0 Å². The lowest BCUT2D eigenvalue weighted by Gasteiger charge is -2.09. The summed E-state index contributed by atoms with van der Waals surface area (Å²) < 4.78 is 11.2. The molecule has 3 heteroatoms. The van der Waals surface area contributed by atoms with Gasteiger partial charge in [0.2, 0.25) is 0 Å². The van der Waals surface area contributed by atoms with Crippen LogP contribution in [-0.4, -0.2) is 4.57 Å². The number of rotatable bonds is 3. The van der Waals surface area contributed by atoms with Crippen LogP contribution < -0.4 is 4.57 Å². The van der Waals surface area contributed by atoms with Gasteiger partial charge >= 0.3 is 0 Å². The number of furan rings is 1. The van der Waals surface area contributed by atoms with E-state index in [1.54, 1.807) is 0 Å². The van der Waals surface area contributed by atoms with Crippen molar-refractivity contribution in [2.75, 3.05) is 0 Å². The summed E-state index contributed by atoms with van der Waals surface area (Å²) in [5.41, 5.74) is 12.8.